The highest BCUT2D eigenvalue weighted by Gasteiger charge is 2.39. The van der Waals surface area contributed by atoms with Crippen LogP contribution in [0.3, 0.4) is 0 Å². The van der Waals surface area contributed by atoms with E-state index in [2.05, 4.69) is 31.9 Å². The van der Waals surface area contributed by atoms with Crippen molar-refractivity contribution in [2.75, 3.05) is 13.1 Å². The van der Waals surface area contributed by atoms with Gasteiger partial charge in [0.25, 0.3) is 0 Å². The minimum atomic E-state index is -1.33. The third-order valence-electron chi connectivity index (χ3n) is 4.08. The number of allylic oxidation sites excluding steroid dienone is 1. The molecule has 16 heavy (non-hydrogen) atoms. The third kappa shape index (κ3) is 2.98. The molecule has 0 spiro atoms. The van der Waals surface area contributed by atoms with E-state index >= 15 is 0 Å². The Hall–Kier alpha value is -0.0831. The molecule has 0 amide bonds. The summed E-state index contributed by atoms with van der Waals surface area (Å²) in [4.78, 5) is 0. The average molecular weight is 239 g/mol. The predicted octanol–water partition coefficient (Wildman–Crippen LogP) is 4.35. The monoisotopic (exact) mass is 239 g/mol. The summed E-state index contributed by atoms with van der Waals surface area (Å²) in [5.41, 5.74) is 0. The van der Waals surface area contributed by atoms with Crippen molar-refractivity contribution in [1.82, 2.24) is 4.57 Å². The van der Waals surface area contributed by atoms with Crippen molar-refractivity contribution in [3.63, 3.8) is 0 Å². The topological polar surface area (TPSA) is 3.24 Å². The molecule has 0 N–H and O–H groups in total. The highest BCUT2D eigenvalue weighted by Crippen LogP contribution is 2.32. The van der Waals surface area contributed by atoms with Crippen LogP contribution in [-0.2, 0) is 0 Å². The van der Waals surface area contributed by atoms with Crippen molar-refractivity contribution in [1.29, 1.82) is 0 Å². The Kier molecular flexibility index (Phi) is 5.77. The first-order valence-corrected chi connectivity index (χ1v) is 9.44. The number of rotatable bonds is 6. The minimum absolute atomic E-state index is 1.33. The Balaban J connectivity index is 2.84. The van der Waals surface area contributed by atoms with Gasteiger partial charge in [0.15, 0.2) is 8.24 Å². The van der Waals surface area contributed by atoms with Crippen molar-refractivity contribution in [3.05, 3.63) is 11.8 Å². The first-order chi connectivity index (χ1) is 7.67. The molecule has 0 aromatic carbocycles. The molecule has 1 nitrogen and oxygen atoms in total. The van der Waals surface area contributed by atoms with Gasteiger partial charge in [-0.25, -0.2) is 0 Å². The van der Waals surface area contributed by atoms with Gasteiger partial charge in [-0.1, -0.05) is 38.3 Å². The van der Waals surface area contributed by atoms with Gasteiger partial charge >= 0.3 is 0 Å². The quantitative estimate of drug-likeness (QED) is 0.623. The van der Waals surface area contributed by atoms with Gasteiger partial charge in [0, 0.05) is 0 Å². The third-order valence-corrected chi connectivity index (χ3v) is 9.98. The Morgan fingerprint density at radius 1 is 1.06 bits per heavy atom. The normalized spacial score (nSPS) is 18.7. The highest BCUT2D eigenvalue weighted by atomic mass is 28.3. The summed E-state index contributed by atoms with van der Waals surface area (Å²) in [6.45, 7) is 14.0. The van der Waals surface area contributed by atoms with E-state index in [0.717, 1.165) is 0 Å². The lowest BCUT2D eigenvalue weighted by molar-refractivity contribution is 0.340. The molecule has 0 unspecified atom stereocenters. The van der Waals surface area contributed by atoms with Crippen LogP contribution in [0.25, 0.3) is 0 Å². The van der Waals surface area contributed by atoms with Crippen LogP contribution in [0.5, 0.6) is 0 Å². The molecule has 0 atom stereocenters. The van der Waals surface area contributed by atoms with Gasteiger partial charge < -0.3 is 4.57 Å². The molecule has 0 bridgehead atoms. The molecule has 0 aromatic rings. The SMILES string of the molecule is C=C(C)[Si](CCC)(CCC)N1CCCCC1. The summed E-state index contributed by atoms with van der Waals surface area (Å²) in [6.07, 6.45) is 6.92. The Labute approximate surface area is 103 Å². The van der Waals surface area contributed by atoms with E-state index < -0.39 is 8.24 Å². The fourth-order valence-electron chi connectivity index (χ4n) is 3.29. The van der Waals surface area contributed by atoms with Gasteiger partial charge in [0.2, 0.25) is 0 Å². The maximum absolute atomic E-state index is 4.36. The van der Waals surface area contributed by atoms with Crippen molar-refractivity contribution >= 4 is 8.24 Å². The highest BCUT2D eigenvalue weighted by molar-refractivity contribution is 6.83. The molecule has 0 aromatic heterocycles. The summed E-state index contributed by atoms with van der Waals surface area (Å²) in [5.74, 6) is 0. The van der Waals surface area contributed by atoms with Crippen molar-refractivity contribution in [2.45, 2.75) is 65.0 Å². The fourth-order valence-corrected chi connectivity index (χ4v) is 8.39. The maximum Gasteiger partial charge on any atom is 0.155 e. The van der Waals surface area contributed by atoms with Crippen molar-refractivity contribution in [3.8, 4) is 0 Å². The molecule has 0 radical (unpaired) electrons. The summed E-state index contributed by atoms with van der Waals surface area (Å²) in [6, 6.07) is 2.85. The largest absolute Gasteiger partial charge is 0.320 e. The molecule has 1 fully saturated rings. The second-order valence-electron chi connectivity index (χ2n) is 5.36. The first kappa shape index (κ1) is 14.0. The fraction of sp³-hybridized carbons (Fsp3) is 0.857. The molecular formula is C14H29NSi. The van der Waals surface area contributed by atoms with Crippen molar-refractivity contribution in [2.24, 2.45) is 0 Å². The number of piperidine rings is 1. The maximum atomic E-state index is 4.36. The van der Waals surface area contributed by atoms with E-state index in [9.17, 15) is 0 Å². The molecule has 0 saturated carbocycles. The van der Waals surface area contributed by atoms with E-state index in [4.69, 9.17) is 0 Å². The van der Waals surface area contributed by atoms with E-state index in [1.165, 1.54) is 62.5 Å². The average Bonchev–Trinajstić information content (AvgIpc) is 2.29. The molecule has 1 aliphatic rings. The Morgan fingerprint density at radius 3 is 1.94 bits per heavy atom. The lowest BCUT2D eigenvalue weighted by atomic mass is 10.2. The Morgan fingerprint density at radius 2 is 1.56 bits per heavy atom. The number of hydrogen-bond donors (Lipinski definition) is 0. The molecule has 94 valence electrons. The zero-order valence-corrected chi connectivity index (χ0v) is 12.5. The zero-order chi connectivity index (χ0) is 12.0. The summed E-state index contributed by atoms with van der Waals surface area (Å²) in [5, 5.41) is 1.53. The standard InChI is InChI=1S/C14H29NSi/c1-5-12-16(13-6-2,14(3)4)15-10-8-7-9-11-15/h3,5-13H2,1-2,4H3. The van der Waals surface area contributed by atoms with Crippen LogP contribution in [0, 0.1) is 0 Å². The van der Waals surface area contributed by atoms with Crippen LogP contribution in [0.2, 0.25) is 12.1 Å². The zero-order valence-electron chi connectivity index (χ0n) is 11.5. The van der Waals surface area contributed by atoms with E-state index in [-0.39, 0.29) is 0 Å². The number of nitrogens with zero attached hydrogens (tertiary/aromatic N) is 1. The number of hydrogen-bond acceptors (Lipinski definition) is 1. The van der Waals surface area contributed by atoms with Gasteiger partial charge in [-0.2, -0.15) is 0 Å². The lowest BCUT2D eigenvalue weighted by Gasteiger charge is -2.45. The second-order valence-corrected chi connectivity index (χ2v) is 9.91. The first-order valence-electron chi connectivity index (χ1n) is 7.08. The molecule has 1 aliphatic heterocycles. The van der Waals surface area contributed by atoms with Crippen LogP contribution in [-0.4, -0.2) is 25.9 Å². The predicted molar refractivity (Wildman–Crippen MR) is 76.2 cm³/mol. The smallest absolute Gasteiger partial charge is 0.155 e. The van der Waals surface area contributed by atoms with Crippen LogP contribution in [0.4, 0.5) is 0 Å². The lowest BCUT2D eigenvalue weighted by Crippen LogP contribution is -2.56. The Bertz CT molecular complexity index is 213. The molecule has 1 heterocycles. The van der Waals surface area contributed by atoms with Crippen LogP contribution in [0.1, 0.15) is 52.9 Å². The minimum Gasteiger partial charge on any atom is -0.320 e. The van der Waals surface area contributed by atoms with E-state index in [0.29, 0.717) is 0 Å². The van der Waals surface area contributed by atoms with Gasteiger partial charge in [-0.05, 0) is 44.9 Å². The summed E-state index contributed by atoms with van der Waals surface area (Å²) in [7, 11) is -1.33. The molecule has 2 heteroatoms. The molecule has 0 aliphatic carbocycles. The van der Waals surface area contributed by atoms with Crippen LogP contribution >= 0.6 is 0 Å². The van der Waals surface area contributed by atoms with E-state index in [1.54, 1.807) is 0 Å². The summed E-state index contributed by atoms with van der Waals surface area (Å²) >= 11 is 0. The van der Waals surface area contributed by atoms with Gasteiger partial charge in [0.1, 0.15) is 0 Å². The van der Waals surface area contributed by atoms with Gasteiger partial charge in [-0.15, -0.1) is 6.58 Å². The van der Waals surface area contributed by atoms with Crippen molar-refractivity contribution < 1.29 is 0 Å². The molecule has 1 rings (SSSR count). The van der Waals surface area contributed by atoms with Gasteiger partial charge in [0.05, 0.1) is 0 Å². The van der Waals surface area contributed by atoms with Crippen LogP contribution in [0.15, 0.2) is 11.8 Å². The summed E-state index contributed by atoms with van der Waals surface area (Å²) < 4.78 is 2.87. The van der Waals surface area contributed by atoms with E-state index in [1.807, 2.05) is 0 Å². The van der Waals surface area contributed by atoms with Gasteiger partial charge in [-0.3, -0.25) is 0 Å². The molecular weight excluding hydrogens is 210 g/mol. The molecule has 1 saturated heterocycles. The second kappa shape index (κ2) is 6.60. The van der Waals surface area contributed by atoms with Crippen LogP contribution < -0.4 is 0 Å².